The van der Waals surface area contributed by atoms with Crippen molar-refractivity contribution >= 4 is 28.5 Å². The highest BCUT2D eigenvalue weighted by Crippen LogP contribution is 2.33. The van der Waals surface area contributed by atoms with Gasteiger partial charge in [-0.15, -0.1) is 0 Å². The molecule has 2 aliphatic heterocycles. The highest BCUT2D eigenvalue weighted by atomic mass is 35.5. The van der Waals surface area contributed by atoms with Crippen molar-refractivity contribution in [2.45, 2.75) is 38.5 Å². The Labute approximate surface area is 145 Å². The molecule has 1 amide bonds. The lowest BCUT2D eigenvalue weighted by Crippen LogP contribution is -2.50. The van der Waals surface area contributed by atoms with Crippen LogP contribution in [0.4, 0.5) is 0 Å². The molecular formula is C18H20ClNO4. The fraction of sp³-hybridized carbons (Fsp3) is 0.500. The normalized spacial score (nSPS) is 22.4. The lowest BCUT2D eigenvalue weighted by molar-refractivity contribution is -0.100. The summed E-state index contributed by atoms with van der Waals surface area (Å²) in [5.41, 5.74) is 1.40. The maximum Gasteiger partial charge on any atom is 0.290 e. The standard InChI is InChI=1S/C18H20ClNO4/c1-11-12-5-4-6-13(19)16(12)24-15(11)17(21)20-8-3-2-7-14(20)18-22-9-10-23-18/h4-6,14,18H,2-3,7-10H2,1H3. The van der Waals surface area contributed by atoms with E-state index in [0.29, 0.717) is 36.1 Å². The Bertz CT molecular complexity index is 766. The molecule has 0 bridgehead atoms. The topological polar surface area (TPSA) is 51.9 Å². The summed E-state index contributed by atoms with van der Waals surface area (Å²) in [4.78, 5) is 15.0. The van der Waals surface area contributed by atoms with Crippen LogP contribution in [0.15, 0.2) is 22.6 Å². The second kappa shape index (κ2) is 6.39. The van der Waals surface area contributed by atoms with Crippen LogP contribution in [0.3, 0.4) is 0 Å². The molecule has 1 atom stereocenters. The van der Waals surface area contributed by atoms with Gasteiger partial charge in [-0.25, -0.2) is 0 Å². The van der Waals surface area contributed by atoms with Crippen LogP contribution in [0.5, 0.6) is 0 Å². The summed E-state index contributed by atoms with van der Waals surface area (Å²) < 4.78 is 17.1. The van der Waals surface area contributed by atoms with Crippen LogP contribution in [-0.2, 0) is 9.47 Å². The number of rotatable bonds is 2. The van der Waals surface area contributed by atoms with Gasteiger partial charge in [-0.2, -0.15) is 0 Å². The van der Waals surface area contributed by atoms with Crippen LogP contribution in [0.2, 0.25) is 5.02 Å². The average Bonchev–Trinajstić information content (AvgIpc) is 3.24. The molecule has 1 unspecified atom stereocenters. The summed E-state index contributed by atoms with van der Waals surface area (Å²) in [5, 5.41) is 1.40. The lowest BCUT2D eigenvalue weighted by Gasteiger charge is -2.37. The second-order valence-electron chi connectivity index (χ2n) is 6.34. The Morgan fingerprint density at radius 3 is 2.79 bits per heavy atom. The van der Waals surface area contributed by atoms with Gasteiger partial charge in [-0.1, -0.05) is 23.7 Å². The molecular weight excluding hydrogens is 330 g/mol. The molecule has 0 spiro atoms. The van der Waals surface area contributed by atoms with Gasteiger partial charge >= 0.3 is 0 Å². The van der Waals surface area contributed by atoms with E-state index in [1.165, 1.54) is 0 Å². The molecule has 24 heavy (non-hydrogen) atoms. The monoisotopic (exact) mass is 349 g/mol. The van der Waals surface area contributed by atoms with Crippen LogP contribution < -0.4 is 0 Å². The predicted octanol–water partition coefficient (Wildman–Crippen LogP) is 3.76. The zero-order valence-corrected chi connectivity index (χ0v) is 14.3. The first-order valence-electron chi connectivity index (χ1n) is 8.38. The third kappa shape index (κ3) is 2.61. The molecule has 0 N–H and O–H groups in total. The number of nitrogens with zero attached hydrogens (tertiary/aromatic N) is 1. The summed E-state index contributed by atoms with van der Waals surface area (Å²) in [5.74, 6) is 0.256. The summed E-state index contributed by atoms with van der Waals surface area (Å²) in [6.07, 6.45) is 2.61. The van der Waals surface area contributed by atoms with Crippen LogP contribution in [0, 0.1) is 6.92 Å². The number of ether oxygens (including phenoxy) is 2. The summed E-state index contributed by atoms with van der Waals surface area (Å²) in [7, 11) is 0. The Hall–Kier alpha value is -1.56. The fourth-order valence-corrected chi connectivity index (χ4v) is 3.85. The Balaban J connectivity index is 1.69. The minimum Gasteiger partial charge on any atom is -0.449 e. The smallest absolute Gasteiger partial charge is 0.290 e. The minimum absolute atomic E-state index is 0.0585. The fourth-order valence-electron chi connectivity index (χ4n) is 3.63. The van der Waals surface area contributed by atoms with Crippen molar-refractivity contribution in [3.63, 3.8) is 0 Å². The van der Waals surface area contributed by atoms with Crippen molar-refractivity contribution in [1.82, 2.24) is 4.90 Å². The van der Waals surface area contributed by atoms with Crippen LogP contribution in [0.25, 0.3) is 11.0 Å². The molecule has 128 valence electrons. The van der Waals surface area contributed by atoms with Crippen molar-refractivity contribution < 1.29 is 18.7 Å². The molecule has 0 radical (unpaired) electrons. The number of para-hydroxylation sites is 1. The Kier molecular flexibility index (Phi) is 4.24. The van der Waals surface area contributed by atoms with E-state index in [1.807, 2.05) is 24.0 Å². The molecule has 6 heteroatoms. The number of likely N-dealkylation sites (tertiary alicyclic amines) is 1. The Morgan fingerprint density at radius 2 is 2.04 bits per heavy atom. The van der Waals surface area contributed by atoms with Gasteiger partial charge in [0, 0.05) is 17.5 Å². The molecule has 2 aliphatic rings. The van der Waals surface area contributed by atoms with E-state index >= 15 is 0 Å². The van der Waals surface area contributed by atoms with Crippen LogP contribution in [0.1, 0.15) is 35.4 Å². The molecule has 2 aromatic rings. The largest absolute Gasteiger partial charge is 0.449 e. The van der Waals surface area contributed by atoms with Crippen molar-refractivity contribution in [3.05, 3.63) is 34.5 Å². The molecule has 2 fully saturated rings. The van der Waals surface area contributed by atoms with Crippen molar-refractivity contribution in [2.75, 3.05) is 19.8 Å². The number of fused-ring (bicyclic) bond motifs is 1. The van der Waals surface area contributed by atoms with E-state index in [2.05, 4.69) is 0 Å². The number of carbonyl (C=O) groups excluding carboxylic acids is 1. The van der Waals surface area contributed by atoms with Crippen LogP contribution >= 0.6 is 11.6 Å². The summed E-state index contributed by atoms with van der Waals surface area (Å²) in [6.45, 7) is 3.76. The predicted molar refractivity (Wildman–Crippen MR) is 90.3 cm³/mol. The maximum absolute atomic E-state index is 13.1. The van der Waals surface area contributed by atoms with E-state index in [0.717, 1.165) is 30.2 Å². The zero-order valence-electron chi connectivity index (χ0n) is 13.6. The first kappa shape index (κ1) is 15.9. The van der Waals surface area contributed by atoms with E-state index in [4.69, 9.17) is 25.5 Å². The second-order valence-corrected chi connectivity index (χ2v) is 6.75. The Morgan fingerprint density at radius 1 is 1.25 bits per heavy atom. The molecule has 5 nitrogen and oxygen atoms in total. The number of halogens is 1. The zero-order chi connectivity index (χ0) is 16.7. The van der Waals surface area contributed by atoms with Gasteiger partial charge in [0.25, 0.3) is 5.91 Å². The lowest BCUT2D eigenvalue weighted by atomic mass is 10.0. The molecule has 1 aromatic heterocycles. The number of amides is 1. The number of hydrogen-bond acceptors (Lipinski definition) is 4. The highest BCUT2D eigenvalue weighted by molar-refractivity contribution is 6.35. The van der Waals surface area contributed by atoms with E-state index in [1.54, 1.807) is 6.07 Å². The summed E-state index contributed by atoms with van der Waals surface area (Å²) in [6, 6.07) is 5.50. The van der Waals surface area contributed by atoms with Gasteiger partial charge in [0.1, 0.15) is 0 Å². The molecule has 4 rings (SSSR count). The average molecular weight is 350 g/mol. The molecule has 2 saturated heterocycles. The number of benzene rings is 1. The first-order valence-corrected chi connectivity index (χ1v) is 8.76. The summed E-state index contributed by atoms with van der Waals surface area (Å²) >= 11 is 6.21. The van der Waals surface area contributed by atoms with E-state index < -0.39 is 0 Å². The van der Waals surface area contributed by atoms with Crippen molar-refractivity contribution in [2.24, 2.45) is 0 Å². The van der Waals surface area contributed by atoms with E-state index in [9.17, 15) is 4.79 Å². The number of hydrogen-bond donors (Lipinski definition) is 0. The number of furan rings is 1. The van der Waals surface area contributed by atoms with Crippen LogP contribution in [-0.4, -0.2) is 42.9 Å². The first-order chi connectivity index (χ1) is 11.7. The van der Waals surface area contributed by atoms with Gasteiger partial charge in [0.2, 0.25) is 0 Å². The van der Waals surface area contributed by atoms with Crippen molar-refractivity contribution in [3.8, 4) is 0 Å². The van der Waals surface area contributed by atoms with Gasteiger partial charge in [-0.05, 0) is 32.3 Å². The van der Waals surface area contributed by atoms with Gasteiger partial charge in [-0.3, -0.25) is 4.79 Å². The quantitative estimate of drug-likeness (QED) is 0.828. The molecule has 3 heterocycles. The number of piperidine rings is 1. The van der Waals surface area contributed by atoms with Gasteiger partial charge in [0.15, 0.2) is 17.6 Å². The van der Waals surface area contributed by atoms with Gasteiger partial charge in [0.05, 0.1) is 24.3 Å². The minimum atomic E-state index is -0.331. The van der Waals surface area contributed by atoms with E-state index in [-0.39, 0.29) is 18.2 Å². The highest BCUT2D eigenvalue weighted by Gasteiger charge is 2.38. The third-order valence-corrected chi connectivity index (χ3v) is 5.18. The number of aryl methyl sites for hydroxylation is 1. The molecule has 0 saturated carbocycles. The van der Waals surface area contributed by atoms with Gasteiger partial charge < -0.3 is 18.8 Å². The maximum atomic E-state index is 13.1. The SMILES string of the molecule is Cc1c(C(=O)N2CCCCC2C2OCCO2)oc2c(Cl)cccc12. The molecule has 0 aliphatic carbocycles. The molecule has 1 aromatic carbocycles. The van der Waals surface area contributed by atoms with Crippen molar-refractivity contribution in [1.29, 1.82) is 0 Å². The number of carbonyl (C=O) groups is 1. The third-order valence-electron chi connectivity index (χ3n) is 4.88.